The number of hydrogen-bond donors (Lipinski definition) is 1. The van der Waals surface area contributed by atoms with Crippen molar-refractivity contribution in [3.63, 3.8) is 0 Å². The number of benzene rings is 1. The Morgan fingerprint density at radius 1 is 1.41 bits per heavy atom. The molecule has 1 fully saturated rings. The van der Waals surface area contributed by atoms with Gasteiger partial charge in [0.05, 0.1) is 0 Å². The maximum absolute atomic E-state index is 13.4. The molecule has 0 aromatic heterocycles. The van der Waals surface area contributed by atoms with E-state index in [0.717, 1.165) is 23.0 Å². The van der Waals surface area contributed by atoms with E-state index in [1.165, 1.54) is 25.3 Å². The van der Waals surface area contributed by atoms with E-state index in [-0.39, 0.29) is 5.82 Å². The quantitative estimate of drug-likeness (QED) is 0.848. The smallest absolute Gasteiger partial charge is 0.124 e. The zero-order chi connectivity index (χ0) is 12.3. The van der Waals surface area contributed by atoms with Crippen molar-refractivity contribution in [3.8, 4) is 0 Å². The first-order valence-electron chi connectivity index (χ1n) is 6.40. The third-order valence-electron chi connectivity index (χ3n) is 3.48. The molecule has 0 amide bonds. The van der Waals surface area contributed by atoms with E-state index in [1.807, 2.05) is 6.07 Å². The minimum Gasteiger partial charge on any atom is -0.310 e. The van der Waals surface area contributed by atoms with Gasteiger partial charge in [-0.2, -0.15) is 0 Å². The summed E-state index contributed by atoms with van der Waals surface area (Å²) in [6.07, 6.45) is 4.94. The van der Waals surface area contributed by atoms with Crippen LogP contribution in [0.3, 0.4) is 0 Å². The van der Waals surface area contributed by atoms with Gasteiger partial charge in [0.2, 0.25) is 0 Å². The van der Waals surface area contributed by atoms with Gasteiger partial charge in [0.15, 0.2) is 0 Å². The summed E-state index contributed by atoms with van der Waals surface area (Å²) in [6.45, 7) is 3.15. The maximum Gasteiger partial charge on any atom is 0.124 e. The zero-order valence-electron chi connectivity index (χ0n) is 10.2. The van der Waals surface area contributed by atoms with E-state index in [4.69, 9.17) is 0 Å². The predicted octanol–water partition coefficient (Wildman–Crippen LogP) is 4.43. The number of hydrogen-bond acceptors (Lipinski definition) is 1. The van der Waals surface area contributed by atoms with Crippen molar-refractivity contribution < 1.29 is 4.39 Å². The molecule has 0 spiro atoms. The fraction of sp³-hybridized carbons (Fsp3) is 0.571. The molecule has 1 aliphatic rings. The lowest BCUT2D eigenvalue weighted by atomic mass is 9.77. The Kier molecular flexibility index (Phi) is 4.57. The van der Waals surface area contributed by atoms with Crippen molar-refractivity contribution in [2.24, 2.45) is 5.92 Å². The van der Waals surface area contributed by atoms with Gasteiger partial charge < -0.3 is 5.32 Å². The molecule has 1 nitrogen and oxygen atoms in total. The molecule has 94 valence electrons. The van der Waals surface area contributed by atoms with Gasteiger partial charge in [-0.3, -0.25) is 0 Å². The van der Waals surface area contributed by atoms with Gasteiger partial charge >= 0.3 is 0 Å². The van der Waals surface area contributed by atoms with Crippen LogP contribution in [0.2, 0.25) is 0 Å². The molecular weight excluding hydrogens is 281 g/mol. The summed E-state index contributed by atoms with van der Waals surface area (Å²) in [7, 11) is 0. The summed E-state index contributed by atoms with van der Waals surface area (Å²) in [6, 6.07) is 5.53. The van der Waals surface area contributed by atoms with Crippen LogP contribution < -0.4 is 5.32 Å². The highest BCUT2D eigenvalue weighted by Crippen LogP contribution is 2.38. The molecule has 3 heteroatoms. The van der Waals surface area contributed by atoms with Gasteiger partial charge in [0.25, 0.3) is 0 Å². The largest absolute Gasteiger partial charge is 0.310 e. The van der Waals surface area contributed by atoms with E-state index >= 15 is 0 Å². The van der Waals surface area contributed by atoms with Crippen molar-refractivity contribution in [1.82, 2.24) is 5.32 Å². The normalized spacial score (nSPS) is 17.8. The third kappa shape index (κ3) is 3.29. The van der Waals surface area contributed by atoms with Crippen LogP contribution in [0.15, 0.2) is 22.7 Å². The van der Waals surface area contributed by atoms with E-state index in [1.54, 1.807) is 6.07 Å². The lowest BCUT2D eigenvalue weighted by molar-refractivity contribution is 0.230. The SMILES string of the molecule is CCCNC(c1cc(F)cc(Br)c1)C1CCC1. The van der Waals surface area contributed by atoms with E-state index < -0.39 is 0 Å². The predicted molar refractivity (Wildman–Crippen MR) is 72.5 cm³/mol. The highest BCUT2D eigenvalue weighted by molar-refractivity contribution is 9.10. The summed E-state index contributed by atoms with van der Waals surface area (Å²) < 4.78 is 14.3. The van der Waals surface area contributed by atoms with Crippen LogP contribution in [0.1, 0.15) is 44.2 Å². The van der Waals surface area contributed by atoms with E-state index in [9.17, 15) is 4.39 Å². The van der Waals surface area contributed by atoms with Gasteiger partial charge in [-0.15, -0.1) is 0 Å². The minimum absolute atomic E-state index is 0.156. The molecule has 0 bridgehead atoms. The van der Waals surface area contributed by atoms with Crippen molar-refractivity contribution in [3.05, 3.63) is 34.1 Å². The Morgan fingerprint density at radius 2 is 2.18 bits per heavy atom. The highest BCUT2D eigenvalue weighted by atomic mass is 79.9. The van der Waals surface area contributed by atoms with Crippen molar-refractivity contribution in [1.29, 1.82) is 0 Å². The summed E-state index contributed by atoms with van der Waals surface area (Å²) in [5.41, 5.74) is 1.08. The number of halogens is 2. The fourth-order valence-corrected chi connectivity index (χ4v) is 2.87. The molecule has 2 rings (SSSR count). The minimum atomic E-state index is -0.156. The van der Waals surface area contributed by atoms with Crippen LogP contribution in [0, 0.1) is 11.7 Å². The second-order valence-electron chi connectivity index (χ2n) is 4.83. The van der Waals surface area contributed by atoms with Crippen LogP contribution in [-0.2, 0) is 0 Å². The molecule has 1 aromatic rings. The molecule has 1 aliphatic carbocycles. The monoisotopic (exact) mass is 299 g/mol. The van der Waals surface area contributed by atoms with Gasteiger partial charge in [-0.05, 0) is 55.5 Å². The highest BCUT2D eigenvalue weighted by Gasteiger charge is 2.28. The Balaban J connectivity index is 2.17. The molecule has 0 aliphatic heterocycles. The molecule has 17 heavy (non-hydrogen) atoms. The van der Waals surface area contributed by atoms with Gasteiger partial charge in [0.1, 0.15) is 5.82 Å². The topological polar surface area (TPSA) is 12.0 Å². The maximum atomic E-state index is 13.4. The summed E-state index contributed by atoms with van der Waals surface area (Å²) in [5, 5.41) is 3.55. The summed E-state index contributed by atoms with van der Waals surface area (Å²) >= 11 is 3.37. The van der Waals surface area contributed by atoms with Gasteiger partial charge in [-0.1, -0.05) is 29.3 Å². The van der Waals surface area contributed by atoms with Crippen molar-refractivity contribution in [2.45, 2.75) is 38.6 Å². The first kappa shape index (κ1) is 13.0. The standard InChI is InChI=1S/C14H19BrFN/c1-2-6-17-14(10-4-3-5-10)11-7-12(15)9-13(16)8-11/h7-10,14,17H,2-6H2,1H3. The number of rotatable bonds is 5. The van der Waals surface area contributed by atoms with Crippen LogP contribution in [0.5, 0.6) is 0 Å². The average molecular weight is 300 g/mol. The molecule has 0 saturated heterocycles. The second-order valence-corrected chi connectivity index (χ2v) is 5.74. The first-order valence-corrected chi connectivity index (χ1v) is 7.19. The van der Waals surface area contributed by atoms with Gasteiger partial charge in [-0.25, -0.2) is 4.39 Å². The van der Waals surface area contributed by atoms with Crippen LogP contribution in [-0.4, -0.2) is 6.54 Å². The van der Waals surface area contributed by atoms with E-state index in [2.05, 4.69) is 28.2 Å². The van der Waals surface area contributed by atoms with Crippen LogP contribution >= 0.6 is 15.9 Å². The molecule has 1 N–H and O–H groups in total. The fourth-order valence-electron chi connectivity index (χ4n) is 2.38. The van der Waals surface area contributed by atoms with Crippen LogP contribution in [0.25, 0.3) is 0 Å². The lowest BCUT2D eigenvalue weighted by Gasteiger charge is -2.35. The van der Waals surface area contributed by atoms with Crippen molar-refractivity contribution >= 4 is 15.9 Å². The second kappa shape index (κ2) is 5.96. The number of nitrogens with one attached hydrogen (secondary N) is 1. The molecule has 1 unspecified atom stereocenters. The third-order valence-corrected chi connectivity index (χ3v) is 3.94. The van der Waals surface area contributed by atoms with Crippen LogP contribution in [0.4, 0.5) is 4.39 Å². The summed E-state index contributed by atoms with van der Waals surface area (Å²) in [4.78, 5) is 0. The molecular formula is C14H19BrFN. The zero-order valence-corrected chi connectivity index (χ0v) is 11.8. The molecule has 0 heterocycles. The summed E-state index contributed by atoms with van der Waals surface area (Å²) in [5.74, 6) is 0.521. The Labute approximate surface area is 111 Å². The Morgan fingerprint density at radius 3 is 2.71 bits per heavy atom. The lowest BCUT2D eigenvalue weighted by Crippen LogP contribution is -2.32. The average Bonchev–Trinajstić information content (AvgIpc) is 2.19. The molecule has 1 atom stereocenters. The van der Waals surface area contributed by atoms with Gasteiger partial charge in [0, 0.05) is 10.5 Å². The van der Waals surface area contributed by atoms with Crippen molar-refractivity contribution in [2.75, 3.05) is 6.54 Å². The Bertz CT molecular complexity index is 356. The van der Waals surface area contributed by atoms with E-state index in [0.29, 0.717) is 12.0 Å². The molecule has 1 aromatic carbocycles. The Hall–Kier alpha value is -0.410. The molecule has 1 saturated carbocycles. The first-order chi connectivity index (χ1) is 8.20. The molecule has 0 radical (unpaired) electrons.